The van der Waals surface area contributed by atoms with Gasteiger partial charge in [-0.3, -0.25) is 0 Å². The average Bonchev–Trinajstić information content (AvgIpc) is 2.16. The van der Waals surface area contributed by atoms with Crippen LogP contribution >= 0.6 is 0 Å². The van der Waals surface area contributed by atoms with Crippen molar-refractivity contribution in [2.45, 2.75) is 33.1 Å². The van der Waals surface area contributed by atoms with Gasteiger partial charge >= 0.3 is 0 Å². The van der Waals surface area contributed by atoms with Gasteiger partial charge in [0.15, 0.2) is 0 Å². The van der Waals surface area contributed by atoms with Crippen molar-refractivity contribution >= 4 is 0 Å². The van der Waals surface area contributed by atoms with Crippen molar-refractivity contribution in [1.82, 2.24) is 0 Å². The van der Waals surface area contributed by atoms with Gasteiger partial charge in [0.2, 0.25) is 0 Å². The van der Waals surface area contributed by atoms with E-state index >= 15 is 0 Å². The number of hydrogen-bond acceptors (Lipinski definition) is 1. The van der Waals surface area contributed by atoms with Crippen LogP contribution in [0.4, 0.5) is 0 Å². The molecule has 3 fully saturated rings. The molecule has 0 amide bonds. The lowest BCUT2D eigenvalue weighted by molar-refractivity contribution is -0.0936. The van der Waals surface area contributed by atoms with Gasteiger partial charge in [0.05, 0.1) is 0 Å². The predicted molar refractivity (Wildman–Crippen MR) is 56.3 cm³/mol. The van der Waals surface area contributed by atoms with Gasteiger partial charge in [-0.15, -0.1) is 0 Å². The number of hydrogen-bond donors (Lipinski definition) is 1. The molecule has 0 aromatic heterocycles. The van der Waals surface area contributed by atoms with E-state index in [1.165, 1.54) is 24.8 Å². The first-order valence-corrected chi connectivity index (χ1v) is 5.45. The highest BCUT2D eigenvalue weighted by Gasteiger charge is 2.54. The summed E-state index contributed by atoms with van der Waals surface area (Å²) in [5.74, 6) is 2.59. The lowest BCUT2D eigenvalue weighted by Gasteiger charge is -2.60. The molecular formula is C12H21N. The molecule has 0 aromatic carbocycles. The maximum absolute atomic E-state index is 5.67. The minimum atomic E-state index is 0.570. The molecule has 0 spiro atoms. The largest absolute Gasteiger partial charge is 0.327 e. The van der Waals surface area contributed by atoms with Crippen LogP contribution in [0.25, 0.3) is 0 Å². The van der Waals surface area contributed by atoms with Crippen LogP contribution in [-0.2, 0) is 0 Å². The normalized spacial score (nSPS) is 41.0. The van der Waals surface area contributed by atoms with Crippen LogP contribution in [-0.4, -0.2) is 6.54 Å². The second kappa shape index (κ2) is 2.84. The molecular weight excluding hydrogens is 158 g/mol. The Morgan fingerprint density at radius 3 is 2.62 bits per heavy atom. The molecule has 1 nitrogen and oxygen atoms in total. The molecule has 0 heterocycles. The van der Waals surface area contributed by atoms with Crippen molar-refractivity contribution in [2.24, 2.45) is 28.9 Å². The van der Waals surface area contributed by atoms with E-state index in [-0.39, 0.29) is 0 Å². The summed E-state index contributed by atoms with van der Waals surface area (Å²) in [6.07, 6.45) is 4.17. The molecule has 3 saturated carbocycles. The number of fused-ring (bicyclic) bond motifs is 2. The first kappa shape index (κ1) is 9.26. The topological polar surface area (TPSA) is 26.0 Å². The van der Waals surface area contributed by atoms with Gasteiger partial charge in [-0.05, 0) is 42.4 Å². The molecule has 0 radical (unpaired) electrons. The monoisotopic (exact) mass is 179 g/mol. The lowest BCUT2D eigenvalue weighted by Crippen LogP contribution is -2.53. The van der Waals surface area contributed by atoms with Crippen LogP contribution in [0.5, 0.6) is 0 Å². The van der Waals surface area contributed by atoms with Crippen LogP contribution < -0.4 is 5.73 Å². The van der Waals surface area contributed by atoms with Gasteiger partial charge in [0.1, 0.15) is 0 Å². The highest BCUT2D eigenvalue weighted by atomic mass is 14.6. The maximum Gasteiger partial charge on any atom is 0.0137 e. The first-order chi connectivity index (χ1) is 6.07. The Hall–Kier alpha value is -0.300. The summed E-state index contributed by atoms with van der Waals surface area (Å²) in [6.45, 7) is 9.63. The summed E-state index contributed by atoms with van der Waals surface area (Å²) in [7, 11) is 0. The SMILES string of the molecule is C=C(CN)C1CCC2CC1C2(C)C. The van der Waals surface area contributed by atoms with Gasteiger partial charge < -0.3 is 5.73 Å². The summed E-state index contributed by atoms with van der Waals surface area (Å²) in [4.78, 5) is 0. The van der Waals surface area contributed by atoms with Crippen molar-refractivity contribution in [3.8, 4) is 0 Å². The van der Waals surface area contributed by atoms with Crippen LogP contribution in [0.1, 0.15) is 33.1 Å². The molecule has 3 atom stereocenters. The molecule has 3 aliphatic rings. The van der Waals surface area contributed by atoms with E-state index < -0.39 is 0 Å². The molecule has 0 aliphatic heterocycles. The van der Waals surface area contributed by atoms with E-state index in [2.05, 4.69) is 20.4 Å². The zero-order valence-corrected chi connectivity index (χ0v) is 8.84. The van der Waals surface area contributed by atoms with Crippen LogP contribution in [0.15, 0.2) is 12.2 Å². The maximum atomic E-state index is 5.67. The van der Waals surface area contributed by atoms with E-state index in [9.17, 15) is 0 Å². The highest BCUT2D eigenvalue weighted by Crippen LogP contribution is 2.62. The minimum absolute atomic E-state index is 0.570. The van der Waals surface area contributed by atoms with Gasteiger partial charge in [-0.2, -0.15) is 0 Å². The lowest BCUT2D eigenvalue weighted by atomic mass is 9.45. The van der Waals surface area contributed by atoms with Crippen LogP contribution in [0, 0.1) is 23.2 Å². The fraction of sp³-hybridized carbons (Fsp3) is 0.833. The summed E-state index contributed by atoms with van der Waals surface area (Å²) in [6, 6.07) is 0. The molecule has 2 bridgehead atoms. The predicted octanol–water partition coefficient (Wildman–Crippen LogP) is 2.57. The van der Waals surface area contributed by atoms with Gasteiger partial charge in [0, 0.05) is 6.54 Å². The molecule has 3 rings (SSSR count). The van der Waals surface area contributed by atoms with E-state index in [0.717, 1.165) is 17.8 Å². The Morgan fingerprint density at radius 1 is 1.46 bits per heavy atom. The second-order valence-corrected chi connectivity index (χ2v) is 5.41. The third-order valence-electron chi connectivity index (χ3n) is 4.64. The second-order valence-electron chi connectivity index (χ2n) is 5.41. The van der Waals surface area contributed by atoms with Crippen LogP contribution in [0.3, 0.4) is 0 Å². The third-order valence-corrected chi connectivity index (χ3v) is 4.64. The Balaban J connectivity index is 2.11. The molecule has 3 unspecified atom stereocenters. The molecule has 0 saturated heterocycles. The highest BCUT2D eigenvalue weighted by molar-refractivity contribution is 5.14. The average molecular weight is 179 g/mol. The van der Waals surface area contributed by atoms with Crippen molar-refractivity contribution in [3.63, 3.8) is 0 Å². The van der Waals surface area contributed by atoms with Gasteiger partial charge in [0.25, 0.3) is 0 Å². The van der Waals surface area contributed by atoms with Crippen molar-refractivity contribution < 1.29 is 0 Å². The molecule has 13 heavy (non-hydrogen) atoms. The Morgan fingerprint density at radius 2 is 2.15 bits per heavy atom. The molecule has 74 valence electrons. The molecule has 1 heteroatoms. The van der Waals surface area contributed by atoms with E-state index in [1.807, 2.05) is 0 Å². The summed E-state index contributed by atoms with van der Waals surface area (Å²) < 4.78 is 0. The number of nitrogens with two attached hydrogens (primary N) is 1. The van der Waals surface area contributed by atoms with Gasteiger partial charge in [-0.1, -0.05) is 26.0 Å². The fourth-order valence-electron chi connectivity index (χ4n) is 3.45. The quantitative estimate of drug-likeness (QED) is 0.648. The van der Waals surface area contributed by atoms with E-state index in [1.54, 1.807) is 0 Å². The first-order valence-electron chi connectivity index (χ1n) is 5.45. The fourth-order valence-corrected chi connectivity index (χ4v) is 3.45. The smallest absolute Gasteiger partial charge is 0.0137 e. The Kier molecular flexibility index (Phi) is 2.03. The van der Waals surface area contributed by atoms with Crippen molar-refractivity contribution in [1.29, 1.82) is 0 Å². The van der Waals surface area contributed by atoms with Gasteiger partial charge in [-0.25, -0.2) is 0 Å². The van der Waals surface area contributed by atoms with E-state index in [4.69, 9.17) is 5.73 Å². The third kappa shape index (κ3) is 1.17. The molecule has 3 aliphatic carbocycles. The number of rotatable bonds is 2. The molecule has 2 N–H and O–H groups in total. The van der Waals surface area contributed by atoms with Crippen LogP contribution in [0.2, 0.25) is 0 Å². The van der Waals surface area contributed by atoms with E-state index in [0.29, 0.717) is 12.0 Å². The van der Waals surface area contributed by atoms with Crippen molar-refractivity contribution in [3.05, 3.63) is 12.2 Å². The summed E-state index contributed by atoms with van der Waals surface area (Å²) in [5.41, 5.74) is 7.53. The van der Waals surface area contributed by atoms with Crippen molar-refractivity contribution in [2.75, 3.05) is 6.54 Å². The summed E-state index contributed by atoms with van der Waals surface area (Å²) >= 11 is 0. The standard InChI is InChI=1S/C12H21N/c1-8(7-13)10-5-4-9-6-11(10)12(9,2)3/h9-11H,1,4-7,13H2,2-3H3. The Labute approximate surface area is 81.4 Å². The zero-order valence-electron chi connectivity index (χ0n) is 8.84. The zero-order chi connectivity index (χ0) is 9.64. The molecule has 0 aromatic rings. The summed E-state index contributed by atoms with van der Waals surface area (Å²) in [5, 5.41) is 0. The Bertz CT molecular complexity index is 227. The minimum Gasteiger partial charge on any atom is -0.327 e.